The molecule has 0 radical (unpaired) electrons. The fourth-order valence-corrected chi connectivity index (χ4v) is 3.56. The lowest BCUT2D eigenvalue weighted by Gasteiger charge is -2.15. The molecule has 0 fully saturated rings. The molecule has 33 heavy (non-hydrogen) atoms. The Morgan fingerprint density at radius 1 is 0.788 bits per heavy atom. The monoisotopic (exact) mass is 503 g/mol. The molecule has 0 saturated heterocycles. The summed E-state index contributed by atoms with van der Waals surface area (Å²) in [5, 5.41) is 5.64. The largest absolute Gasteiger partial charge is 0.350 e. The third-order valence-electron chi connectivity index (χ3n) is 4.71. The van der Waals surface area contributed by atoms with Crippen molar-refractivity contribution in [1.82, 2.24) is 0 Å². The van der Waals surface area contributed by atoms with E-state index in [0.29, 0.717) is 16.9 Å². The van der Waals surface area contributed by atoms with E-state index in [0.717, 1.165) is 4.90 Å². The van der Waals surface area contributed by atoms with Crippen molar-refractivity contribution in [1.29, 1.82) is 0 Å². The van der Waals surface area contributed by atoms with Gasteiger partial charge in [-0.2, -0.15) is 0 Å². The highest BCUT2D eigenvalue weighted by Crippen LogP contribution is 2.33. The van der Waals surface area contributed by atoms with Crippen LogP contribution in [0.4, 0.5) is 21.5 Å². The predicted molar refractivity (Wildman–Crippen MR) is 126 cm³/mol. The van der Waals surface area contributed by atoms with Gasteiger partial charge >= 0.3 is 0 Å². The molecule has 0 bridgehead atoms. The Labute approximate surface area is 202 Å². The number of rotatable bonds is 5. The number of carbonyl (C=O) groups excluding carboxylic acids is 3. The summed E-state index contributed by atoms with van der Waals surface area (Å²) in [6.45, 7) is 0. The lowest BCUT2D eigenvalue weighted by molar-refractivity contribution is -0.120. The van der Waals surface area contributed by atoms with Gasteiger partial charge in [0.25, 0.3) is 17.7 Å². The minimum absolute atomic E-state index is 0.115. The lowest BCUT2D eigenvalue weighted by Crippen LogP contribution is -2.32. The zero-order valence-corrected chi connectivity index (χ0v) is 18.8. The van der Waals surface area contributed by atoms with Crippen molar-refractivity contribution in [2.75, 3.05) is 15.5 Å². The highest BCUT2D eigenvalue weighted by molar-refractivity contribution is 6.53. The van der Waals surface area contributed by atoms with Crippen LogP contribution in [0.2, 0.25) is 10.0 Å². The molecule has 0 atom stereocenters. The molecule has 0 aromatic heterocycles. The van der Waals surface area contributed by atoms with Crippen molar-refractivity contribution in [2.24, 2.45) is 0 Å². The normalized spacial score (nSPS) is 13.5. The molecule has 1 heterocycles. The van der Waals surface area contributed by atoms with Gasteiger partial charge in [-0.3, -0.25) is 14.4 Å². The zero-order valence-electron chi connectivity index (χ0n) is 16.5. The summed E-state index contributed by atoms with van der Waals surface area (Å²) < 4.78 is 13.0. The van der Waals surface area contributed by atoms with Gasteiger partial charge in [-0.15, -0.1) is 0 Å². The van der Waals surface area contributed by atoms with Crippen molar-refractivity contribution in [3.63, 3.8) is 0 Å². The minimum Gasteiger partial charge on any atom is -0.350 e. The maximum atomic E-state index is 13.0. The van der Waals surface area contributed by atoms with Gasteiger partial charge in [-0.25, -0.2) is 9.29 Å². The van der Waals surface area contributed by atoms with Gasteiger partial charge in [0.1, 0.15) is 16.5 Å². The number of benzene rings is 3. The zero-order chi connectivity index (χ0) is 23.7. The Bertz CT molecular complexity index is 1310. The first-order valence-corrected chi connectivity index (χ1v) is 10.6. The number of carbonyl (C=O) groups is 3. The molecule has 0 spiro atoms. The summed E-state index contributed by atoms with van der Waals surface area (Å²) in [7, 11) is 0. The first-order valence-electron chi connectivity index (χ1n) is 9.42. The Hall–Kier alpha value is -3.39. The summed E-state index contributed by atoms with van der Waals surface area (Å²) in [4.78, 5) is 38.7. The maximum Gasteiger partial charge on any atom is 0.283 e. The van der Waals surface area contributed by atoms with Gasteiger partial charge in [0.05, 0.1) is 15.7 Å². The van der Waals surface area contributed by atoms with Crippen molar-refractivity contribution < 1.29 is 18.8 Å². The third-order valence-corrected chi connectivity index (χ3v) is 5.80. The number of hydrogen-bond acceptors (Lipinski definition) is 4. The minimum atomic E-state index is -0.710. The number of nitrogens with zero attached hydrogens (tertiary/aromatic N) is 1. The van der Waals surface area contributed by atoms with Crippen LogP contribution in [0.5, 0.6) is 0 Å². The van der Waals surface area contributed by atoms with Gasteiger partial charge in [0.15, 0.2) is 0 Å². The quantitative estimate of drug-likeness (QED) is 0.429. The molecule has 0 unspecified atom stereocenters. The van der Waals surface area contributed by atoms with Crippen LogP contribution >= 0.6 is 34.8 Å². The first kappa shape index (κ1) is 22.8. The number of anilines is 3. The maximum absolute atomic E-state index is 13.0. The second-order valence-corrected chi connectivity index (χ2v) is 8.09. The third kappa shape index (κ3) is 4.71. The lowest BCUT2D eigenvalue weighted by atomic mass is 10.2. The SMILES string of the molecule is O=C(Nc1ccc(F)cc1)c1ccc(NC2=C(Cl)C(=O)N(c3ccc(Cl)c(Cl)c3)C2=O)cc1. The topological polar surface area (TPSA) is 78.5 Å². The van der Waals surface area contributed by atoms with E-state index in [4.69, 9.17) is 34.8 Å². The van der Waals surface area contributed by atoms with Gasteiger partial charge in [-0.05, 0) is 66.7 Å². The second kappa shape index (κ2) is 9.23. The molecule has 1 aliphatic heterocycles. The van der Waals surface area contributed by atoms with E-state index < -0.39 is 23.5 Å². The number of hydrogen-bond donors (Lipinski definition) is 2. The van der Waals surface area contributed by atoms with Crippen molar-refractivity contribution in [3.8, 4) is 0 Å². The molecule has 10 heteroatoms. The van der Waals surface area contributed by atoms with E-state index in [2.05, 4.69) is 10.6 Å². The standard InChI is InChI=1S/C23H13Cl3FN3O3/c24-17-10-9-16(11-18(17)25)30-22(32)19(26)20(23(30)33)28-14-5-1-12(2-6-14)21(31)29-15-7-3-13(27)4-8-15/h1-11,28H,(H,29,31). The van der Waals surface area contributed by atoms with Gasteiger partial charge in [0, 0.05) is 16.9 Å². The van der Waals surface area contributed by atoms with Crippen LogP contribution in [0.15, 0.2) is 77.5 Å². The van der Waals surface area contributed by atoms with Gasteiger partial charge in [0.2, 0.25) is 0 Å². The summed E-state index contributed by atoms with van der Waals surface area (Å²) in [5.74, 6) is -2.18. The molecular weight excluding hydrogens is 492 g/mol. The molecule has 1 aliphatic rings. The van der Waals surface area contributed by atoms with E-state index in [9.17, 15) is 18.8 Å². The molecule has 2 N–H and O–H groups in total. The second-order valence-electron chi connectivity index (χ2n) is 6.90. The van der Waals surface area contributed by atoms with Crippen LogP contribution in [0.3, 0.4) is 0 Å². The number of amides is 3. The molecule has 4 rings (SSSR count). The Kier molecular flexibility index (Phi) is 6.37. The van der Waals surface area contributed by atoms with Crippen LogP contribution < -0.4 is 15.5 Å². The van der Waals surface area contributed by atoms with Crippen LogP contribution in [0.1, 0.15) is 10.4 Å². The summed E-state index contributed by atoms with van der Waals surface area (Å²) in [5.41, 5.74) is 1.31. The van der Waals surface area contributed by atoms with Crippen LogP contribution in [0, 0.1) is 5.82 Å². The average molecular weight is 505 g/mol. The molecule has 3 aromatic carbocycles. The highest BCUT2D eigenvalue weighted by Gasteiger charge is 2.39. The van der Waals surface area contributed by atoms with Crippen molar-refractivity contribution >= 4 is 69.6 Å². The van der Waals surface area contributed by atoms with E-state index in [-0.39, 0.29) is 26.5 Å². The summed E-state index contributed by atoms with van der Waals surface area (Å²) in [6, 6.07) is 15.8. The van der Waals surface area contributed by atoms with Crippen LogP contribution in [-0.4, -0.2) is 17.7 Å². The fraction of sp³-hybridized carbons (Fsp3) is 0. The number of halogens is 4. The molecule has 6 nitrogen and oxygen atoms in total. The van der Waals surface area contributed by atoms with Crippen LogP contribution in [-0.2, 0) is 9.59 Å². The Balaban J connectivity index is 1.48. The molecule has 0 aliphatic carbocycles. The highest BCUT2D eigenvalue weighted by atomic mass is 35.5. The molecule has 3 aromatic rings. The number of imide groups is 1. The van der Waals surface area contributed by atoms with Crippen molar-refractivity contribution in [3.05, 3.63) is 98.9 Å². The molecule has 3 amide bonds. The van der Waals surface area contributed by atoms with E-state index in [1.54, 1.807) is 12.1 Å². The summed E-state index contributed by atoms with van der Waals surface area (Å²) in [6.07, 6.45) is 0. The molecule has 166 valence electrons. The summed E-state index contributed by atoms with van der Waals surface area (Å²) >= 11 is 18.0. The first-order chi connectivity index (χ1) is 15.7. The number of nitrogens with one attached hydrogen (secondary N) is 2. The fourth-order valence-electron chi connectivity index (χ4n) is 3.06. The molecular formula is C23H13Cl3FN3O3. The van der Waals surface area contributed by atoms with Gasteiger partial charge in [-0.1, -0.05) is 34.8 Å². The van der Waals surface area contributed by atoms with E-state index in [1.807, 2.05) is 0 Å². The smallest absolute Gasteiger partial charge is 0.283 e. The van der Waals surface area contributed by atoms with E-state index in [1.165, 1.54) is 54.6 Å². The predicted octanol–water partition coefficient (Wildman–Crippen LogP) is 5.82. The van der Waals surface area contributed by atoms with Gasteiger partial charge < -0.3 is 10.6 Å². The van der Waals surface area contributed by atoms with Crippen molar-refractivity contribution in [2.45, 2.75) is 0 Å². The van der Waals surface area contributed by atoms with E-state index >= 15 is 0 Å². The van der Waals surface area contributed by atoms with Crippen LogP contribution in [0.25, 0.3) is 0 Å². The Morgan fingerprint density at radius 3 is 2.06 bits per heavy atom. The average Bonchev–Trinajstić information content (AvgIpc) is 3.01. The Morgan fingerprint density at radius 2 is 1.42 bits per heavy atom. The molecule has 0 saturated carbocycles.